The second-order valence-corrected chi connectivity index (χ2v) is 6.90. The molecule has 0 aliphatic carbocycles. The fourth-order valence-corrected chi connectivity index (χ4v) is 4.18. The van der Waals surface area contributed by atoms with Crippen molar-refractivity contribution in [2.24, 2.45) is 0 Å². The standard InChI is InChI=1S/C13H18N2O4S.ClH/c1-10-9-15(6-5-14-10)20(16,17)12-4-2-3-11-13(12)19-8-7-18-11;/h2-4,10,14H,5-9H2,1H3;1H. The van der Waals surface area contributed by atoms with Crippen molar-refractivity contribution in [2.75, 3.05) is 32.8 Å². The molecule has 3 rings (SSSR count). The van der Waals surface area contributed by atoms with Gasteiger partial charge in [0, 0.05) is 25.7 Å². The van der Waals surface area contributed by atoms with Gasteiger partial charge >= 0.3 is 0 Å². The summed E-state index contributed by atoms with van der Waals surface area (Å²) >= 11 is 0. The number of nitrogens with one attached hydrogen (secondary N) is 1. The number of para-hydroxylation sites is 1. The van der Waals surface area contributed by atoms with E-state index in [1.54, 1.807) is 18.2 Å². The molecule has 0 saturated carbocycles. The third kappa shape index (κ3) is 3.11. The summed E-state index contributed by atoms with van der Waals surface area (Å²) in [6.07, 6.45) is 0. The van der Waals surface area contributed by atoms with Crippen LogP contribution in [-0.4, -0.2) is 51.6 Å². The van der Waals surface area contributed by atoms with Crippen LogP contribution in [0.3, 0.4) is 0 Å². The Morgan fingerprint density at radius 1 is 1.29 bits per heavy atom. The van der Waals surface area contributed by atoms with Crippen molar-refractivity contribution in [1.29, 1.82) is 0 Å². The summed E-state index contributed by atoms with van der Waals surface area (Å²) < 4.78 is 38.0. The lowest BCUT2D eigenvalue weighted by molar-refractivity contribution is 0.166. The predicted molar refractivity (Wildman–Crippen MR) is 80.9 cm³/mol. The molecule has 0 amide bonds. The van der Waals surface area contributed by atoms with Gasteiger partial charge in [-0.05, 0) is 19.1 Å². The van der Waals surface area contributed by atoms with Crippen LogP contribution in [0.5, 0.6) is 11.5 Å². The molecule has 118 valence electrons. The van der Waals surface area contributed by atoms with Crippen LogP contribution in [-0.2, 0) is 10.0 Å². The monoisotopic (exact) mass is 334 g/mol. The molecule has 2 aliphatic heterocycles. The van der Waals surface area contributed by atoms with Crippen LogP contribution in [0.4, 0.5) is 0 Å². The van der Waals surface area contributed by atoms with Crippen LogP contribution in [0.25, 0.3) is 0 Å². The molecule has 2 aliphatic rings. The van der Waals surface area contributed by atoms with Crippen molar-refractivity contribution in [2.45, 2.75) is 17.9 Å². The first-order valence-electron chi connectivity index (χ1n) is 6.71. The van der Waals surface area contributed by atoms with E-state index < -0.39 is 10.0 Å². The van der Waals surface area contributed by atoms with Crippen LogP contribution < -0.4 is 14.8 Å². The van der Waals surface area contributed by atoms with Crippen molar-refractivity contribution < 1.29 is 17.9 Å². The Kier molecular flexibility index (Phi) is 4.98. The van der Waals surface area contributed by atoms with Crippen LogP contribution in [0.15, 0.2) is 23.1 Å². The van der Waals surface area contributed by atoms with Gasteiger partial charge in [-0.3, -0.25) is 0 Å². The second kappa shape index (κ2) is 6.39. The molecule has 0 radical (unpaired) electrons. The van der Waals surface area contributed by atoms with E-state index in [9.17, 15) is 8.42 Å². The van der Waals surface area contributed by atoms with E-state index >= 15 is 0 Å². The molecule has 0 bridgehead atoms. The molecule has 2 heterocycles. The van der Waals surface area contributed by atoms with E-state index in [0.29, 0.717) is 44.3 Å². The minimum Gasteiger partial charge on any atom is -0.486 e. The van der Waals surface area contributed by atoms with Crippen molar-refractivity contribution in [3.63, 3.8) is 0 Å². The van der Waals surface area contributed by atoms with Crippen molar-refractivity contribution in [1.82, 2.24) is 9.62 Å². The molecule has 1 atom stereocenters. The fourth-order valence-electron chi connectivity index (χ4n) is 2.50. The van der Waals surface area contributed by atoms with E-state index in [0.717, 1.165) is 0 Å². The second-order valence-electron chi connectivity index (χ2n) is 5.00. The minimum atomic E-state index is -3.55. The zero-order chi connectivity index (χ0) is 14.2. The van der Waals surface area contributed by atoms with Gasteiger partial charge in [-0.2, -0.15) is 4.31 Å². The van der Waals surface area contributed by atoms with Gasteiger partial charge in [-0.15, -0.1) is 12.4 Å². The van der Waals surface area contributed by atoms with Crippen molar-refractivity contribution in [3.05, 3.63) is 18.2 Å². The van der Waals surface area contributed by atoms with E-state index in [1.807, 2.05) is 6.92 Å². The predicted octanol–water partition coefficient (Wildman–Crippen LogP) is 0.862. The number of hydrogen-bond donors (Lipinski definition) is 1. The Morgan fingerprint density at radius 3 is 2.81 bits per heavy atom. The summed E-state index contributed by atoms with van der Waals surface area (Å²) in [5.41, 5.74) is 0. The number of rotatable bonds is 2. The lowest BCUT2D eigenvalue weighted by atomic mass is 10.3. The molecular weight excluding hydrogens is 316 g/mol. The number of ether oxygens (including phenoxy) is 2. The smallest absolute Gasteiger partial charge is 0.247 e. The molecule has 6 nitrogen and oxygen atoms in total. The Balaban J connectivity index is 0.00000161. The molecule has 1 unspecified atom stereocenters. The maximum atomic E-state index is 12.8. The third-order valence-corrected chi connectivity index (χ3v) is 5.37. The topological polar surface area (TPSA) is 67.9 Å². The molecule has 1 N–H and O–H groups in total. The zero-order valence-corrected chi connectivity index (χ0v) is 13.4. The van der Waals surface area contributed by atoms with Gasteiger partial charge in [-0.1, -0.05) is 6.07 Å². The molecule has 0 aromatic heterocycles. The Bertz CT molecular complexity index is 608. The van der Waals surface area contributed by atoms with Gasteiger partial charge in [0.2, 0.25) is 10.0 Å². The average Bonchev–Trinajstić information content (AvgIpc) is 2.46. The number of hydrogen-bond acceptors (Lipinski definition) is 5. The highest BCUT2D eigenvalue weighted by Crippen LogP contribution is 2.37. The Hall–Kier alpha value is -1.02. The summed E-state index contributed by atoms with van der Waals surface area (Å²) in [4.78, 5) is 0.198. The first kappa shape index (κ1) is 16.4. The number of sulfonamides is 1. The number of nitrogens with zero attached hydrogens (tertiary/aromatic N) is 1. The fraction of sp³-hybridized carbons (Fsp3) is 0.538. The van der Waals surface area contributed by atoms with E-state index in [1.165, 1.54) is 4.31 Å². The van der Waals surface area contributed by atoms with Gasteiger partial charge in [-0.25, -0.2) is 8.42 Å². The summed E-state index contributed by atoms with van der Waals surface area (Å²) in [7, 11) is -3.55. The normalized spacial score (nSPS) is 22.4. The first-order chi connectivity index (χ1) is 9.59. The summed E-state index contributed by atoms with van der Waals surface area (Å²) in [6, 6.07) is 5.14. The van der Waals surface area contributed by atoms with Crippen molar-refractivity contribution >= 4 is 22.4 Å². The van der Waals surface area contributed by atoms with Crippen LogP contribution >= 0.6 is 12.4 Å². The number of halogens is 1. The highest BCUT2D eigenvalue weighted by Gasteiger charge is 2.32. The summed E-state index contributed by atoms with van der Waals surface area (Å²) in [5, 5.41) is 3.24. The third-order valence-electron chi connectivity index (χ3n) is 3.48. The molecular formula is C13H19ClN2O4S. The van der Waals surface area contributed by atoms with E-state index in [2.05, 4.69) is 5.32 Å². The Morgan fingerprint density at radius 2 is 2.05 bits per heavy atom. The zero-order valence-electron chi connectivity index (χ0n) is 11.7. The molecule has 1 aromatic rings. The number of piperazine rings is 1. The SMILES string of the molecule is CC1CN(S(=O)(=O)c2cccc3c2OCCO3)CCN1.Cl. The van der Waals surface area contributed by atoms with Gasteiger partial charge in [0.05, 0.1) is 0 Å². The molecule has 21 heavy (non-hydrogen) atoms. The largest absolute Gasteiger partial charge is 0.486 e. The highest BCUT2D eigenvalue weighted by atomic mass is 35.5. The average molecular weight is 335 g/mol. The minimum absolute atomic E-state index is 0. The molecule has 1 aromatic carbocycles. The van der Waals surface area contributed by atoms with Crippen LogP contribution in [0.1, 0.15) is 6.92 Å². The van der Waals surface area contributed by atoms with Gasteiger partial charge in [0.25, 0.3) is 0 Å². The molecule has 0 spiro atoms. The molecule has 1 fully saturated rings. The van der Waals surface area contributed by atoms with Gasteiger partial charge in [0.1, 0.15) is 18.1 Å². The summed E-state index contributed by atoms with van der Waals surface area (Å²) in [5.74, 6) is 0.838. The summed E-state index contributed by atoms with van der Waals surface area (Å²) in [6.45, 7) is 4.39. The molecule has 8 heteroatoms. The quantitative estimate of drug-likeness (QED) is 0.869. The highest BCUT2D eigenvalue weighted by molar-refractivity contribution is 7.89. The number of fused-ring (bicyclic) bond motifs is 1. The first-order valence-corrected chi connectivity index (χ1v) is 8.15. The van der Waals surface area contributed by atoms with Gasteiger partial charge in [0.15, 0.2) is 11.5 Å². The maximum Gasteiger partial charge on any atom is 0.247 e. The lowest BCUT2D eigenvalue weighted by Gasteiger charge is -2.32. The van der Waals surface area contributed by atoms with Crippen LogP contribution in [0, 0.1) is 0 Å². The lowest BCUT2D eigenvalue weighted by Crippen LogP contribution is -2.51. The van der Waals surface area contributed by atoms with Crippen molar-refractivity contribution in [3.8, 4) is 11.5 Å². The maximum absolute atomic E-state index is 12.8. The number of benzene rings is 1. The van der Waals surface area contributed by atoms with E-state index in [-0.39, 0.29) is 23.3 Å². The van der Waals surface area contributed by atoms with Gasteiger partial charge < -0.3 is 14.8 Å². The molecule has 1 saturated heterocycles. The Labute approximate surface area is 130 Å². The van der Waals surface area contributed by atoms with E-state index in [4.69, 9.17) is 9.47 Å². The van der Waals surface area contributed by atoms with Crippen LogP contribution in [0.2, 0.25) is 0 Å².